The molecule has 6 nitrogen and oxygen atoms in total. The van der Waals surface area contributed by atoms with Gasteiger partial charge in [-0.2, -0.15) is 0 Å². The van der Waals surface area contributed by atoms with Crippen molar-refractivity contribution in [2.45, 2.75) is 13.5 Å². The molecule has 27 heavy (non-hydrogen) atoms. The normalized spacial score (nSPS) is 10.8. The predicted octanol–water partition coefficient (Wildman–Crippen LogP) is 3.02. The van der Waals surface area contributed by atoms with Gasteiger partial charge in [0.1, 0.15) is 12.4 Å². The Labute approximate surface area is 157 Å². The highest BCUT2D eigenvalue weighted by atomic mass is 16.5. The molecule has 140 valence electrons. The number of aromatic amines is 1. The molecule has 0 fully saturated rings. The van der Waals surface area contributed by atoms with Crippen molar-refractivity contribution in [2.75, 3.05) is 25.7 Å². The number of carbonyl (C=O) groups is 1. The number of hydrogen-bond acceptors (Lipinski definition) is 4. The molecule has 0 radical (unpaired) electrons. The molecule has 1 heterocycles. The average Bonchev–Trinajstić information content (AvgIpc) is 2.66. The number of nitrogens with zero attached hydrogens (tertiary/aromatic N) is 1. The zero-order valence-electron chi connectivity index (χ0n) is 15.6. The number of amides is 1. The summed E-state index contributed by atoms with van der Waals surface area (Å²) < 4.78 is 10.4. The summed E-state index contributed by atoms with van der Waals surface area (Å²) in [5, 5.41) is 0.911. The zero-order chi connectivity index (χ0) is 19.4. The highest BCUT2D eigenvalue weighted by Gasteiger charge is 2.21. The molecule has 1 aromatic heterocycles. The van der Waals surface area contributed by atoms with E-state index in [0.29, 0.717) is 17.0 Å². The van der Waals surface area contributed by atoms with Crippen molar-refractivity contribution < 1.29 is 14.3 Å². The summed E-state index contributed by atoms with van der Waals surface area (Å²) in [6.07, 6.45) is 0. The maximum absolute atomic E-state index is 12.7. The molecule has 6 heteroatoms. The highest BCUT2D eigenvalue weighted by Crippen LogP contribution is 2.29. The number of aryl methyl sites for hydroxylation is 1. The molecule has 3 rings (SSSR count). The van der Waals surface area contributed by atoms with Crippen molar-refractivity contribution in [1.29, 1.82) is 0 Å². The fourth-order valence-electron chi connectivity index (χ4n) is 3.01. The first-order valence-electron chi connectivity index (χ1n) is 8.58. The van der Waals surface area contributed by atoms with Crippen LogP contribution in [0.5, 0.6) is 5.75 Å². The maximum Gasteiger partial charge on any atom is 0.253 e. The van der Waals surface area contributed by atoms with Crippen LogP contribution in [-0.4, -0.2) is 31.7 Å². The Morgan fingerprint density at radius 3 is 2.63 bits per heavy atom. The summed E-state index contributed by atoms with van der Waals surface area (Å²) in [6, 6.07) is 14.9. The number of benzene rings is 2. The van der Waals surface area contributed by atoms with Crippen molar-refractivity contribution in [3.63, 3.8) is 0 Å². The number of pyridine rings is 1. The number of ether oxygens (including phenoxy) is 2. The zero-order valence-corrected chi connectivity index (χ0v) is 15.6. The molecule has 0 unspecified atom stereocenters. The minimum absolute atomic E-state index is 0.0945. The van der Waals surface area contributed by atoms with Gasteiger partial charge in [0.15, 0.2) is 0 Å². The van der Waals surface area contributed by atoms with E-state index in [2.05, 4.69) is 4.98 Å². The molecule has 0 saturated heterocycles. The molecule has 0 atom stereocenters. The fraction of sp³-hybridized carbons (Fsp3) is 0.238. The smallest absolute Gasteiger partial charge is 0.253 e. The van der Waals surface area contributed by atoms with Gasteiger partial charge in [-0.15, -0.1) is 0 Å². The number of hydrogen-bond donors (Lipinski definition) is 1. The van der Waals surface area contributed by atoms with Gasteiger partial charge in [0, 0.05) is 18.2 Å². The van der Waals surface area contributed by atoms with Gasteiger partial charge in [-0.25, -0.2) is 0 Å². The van der Waals surface area contributed by atoms with Crippen molar-refractivity contribution in [3.8, 4) is 5.75 Å². The topological polar surface area (TPSA) is 71.6 Å². The van der Waals surface area contributed by atoms with Crippen LogP contribution >= 0.6 is 0 Å². The fourth-order valence-corrected chi connectivity index (χ4v) is 3.01. The lowest BCUT2D eigenvalue weighted by molar-refractivity contribution is -0.122. The number of nitrogens with one attached hydrogen (secondary N) is 1. The average molecular weight is 366 g/mol. The third-order valence-corrected chi connectivity index (χ3v) is 4.35. The van der Waals surface area contributed by atoms with E-state index < -0.39 is 0 Å². The van der Waals surface area contributed by atoms with Gasteiger partial charge in [0.25, 0.3) is 11.5 Å². The highest BCUT2D eigenvalue weighted by molar-refractivity contribution is 5.95. The van der Waals surface area contributed by atoms with E-state index in [4.69, 9.17) is 9.47 Å². The Morgan fingerprint density at radius 1 is 1.11 bits per heavy atom. The molecule has 0 aliphatic carbocycles. The van der Waals surface area contributed by atoms with Crippen LogP contribution in [-0.2, 0) is 16.1 Å². The van der Waals surface area contributed by atoms with Crippen LogP contribution in [0.2, 0.25) is 0 Å². The predicted molar refractivity (Wildman–Crippen MR) is 105 cm³/mol. The quantitative estimate of drug-likeness (QED) is 0.728. The van der Waals surface area contributed by atoms with E-state index in [9.17, 15) is 9.59 Å². The molecule has 2 aromatic carbocycles. The summed E-state index contributed by atoms with van der Waals surface area (Å²) in [6.45, 7) is 1.99. The van der Waals surface area contributed by atoms with Gasteiger partial charge in [-0.3, -0.25) is 9.59 Å². The molecule has 0 spiro atoms. The van der Waals surface area contributed by atoms with E-state index in [0.717, 1.165) is 16.5 Å². The summed E-state index contributed by atoms with van der Waals surface area (Å²) in [7, 11) is 3.01. The van der Waals surface area contributed by atoms with Crippen LogP contribution in [0.1, 0.15) is 11.1 Å². The van der Waals surface area contributed by atoms with Gasteiger partial charge < -0.3 is 19.4 Å². The van der Waals surface area contributed by atoms with Gasteiger partial charge in [0.05, 0.1) is 19.3 Å². The number of fused-ring (bicyclic) bond motifs is 1. The number of anilines is 1. The summed E-state index contributed by atoms with van der Waals surface area (Å²) in [4.78, 5) is 29.7. The van der Waals surface area contributed by atoms with Gasteiger partial charge >= 0.3 is 0 Å². The van der Waals surface area contributed by atoms with Crippen LogP contribution in [0, 0.1) is 6.92 Å². The molecule has 3 aromatic rings. The van der Waals surface area contributed by atoms with Crippen LogP contribution in [0.15, 0.2) is 53.3 Å². The first kappa shape index (κ1) is 18.7. The van der Waals surface area contributed by atoms with E-state index in [1.54, 1.807) is 19.2 Å². The second kappa shape index (κ2) is 8.05. The molecule has 0 aliphatic heterocycles. The second-order valence-corrected chi connectivity index (χ2v) is 6.30. The number of rotatable bonds is 6. The van der Waals surface area contributed by atoms with Gasteiger partial charge in [-0.1, -0.05) is 24.3 Å². The lowest BCUT2D eigenvalue weighted by Crippen LogP contribution is -2.35. The van der Waals surface area contributed by atoms with Crippen LogP contribution in [0.4, 0.5) is 5.69 Å². The van der Waals surface area contributed by atoms with Crippen molar-refractivity contribution in [2.24, 2.45) is 0 Å². The largest absolute Gasteiger partial charge is 0.495 e. The Balaban J connectivity index is 2.05. The number of H-pyrrole nitrogens is 1. The third-order valence-electron chi connectivity index (χ3n) is 4.35. The van der Waals surface area contributed by atoms with E-state index in [1.165, 1.54) is 12.0 Å². The van der Waals surface area contributed by atoms with Crippen molar-refractivity contribution in [1.82, 2.24) is 4.98 Å². The Bertz CT molecular complexity index is 1030. The SMILES string of the molecule is COCC(=O)N(Cc1cc2ccc(C)cc2[nH]c1=O)c1ccccc1OC. The van der Waals surface area contributed by atoms with Crippen LogP contribution in [0.3, 0.4) is 0 Å². The Kier molecular flexibility index (Phi) is 5.57. The molecule has 0 saturated carbocycles. The minimum atomic E-state index is -0.259. The first-order valence-corrected chi connectivity index (χ1v) is 8.58. The van der Waals surface area contributed by atoms with Crippen molar-refractivity contribution in [3.05, 3.63) is 70.0 Å². The number of methoxy groups -OCH3 is 2. The Morgan fingerprint density at radius 2 is 1.89 bits per heavy atom. The Hall–Kier alpha value is -3.12. The molecule has 1 N–H and O–H groups in total. The lowest BCUT2D eigenvalue weighted by Gasteiger charge is -2.24. The van der Waals surface area contributed by atoms with Crippen LogP contribution < -0.4 is 15.2 Å². The summed E-state index contributed by atoms with van der Waals surface area (Å²) >= 11 is 0. The molecule has 0 aliphatic rings. The monoisotopic (exact) mass is 366 g/mol. The number of aromatic nitrogens is 1. The van der Waals surface area contributed by atoms with Gasteiger partial charge in [-0.05, 0) is 42.1 Å². The summed E-state index contributed by atoms with van der Waals surface area (Å²) in [5.41, 5.74) is 2.69. The van der Waals surface area contributed by atoms with Crippen LogP contribution in [0.25, 0.3) is 10.9 Å². The minimum Gasteiger partial charge on any atom is -0.495 e. The molecule has 1 amide bonds. The molecule has 0 bridgehead atoms. The number of para-hydroxylation sites is 2. The van der Waals surface area contributed by atoms with E-state index in [1.807, 2.05) is 43.3 Å². The molecular formula is C21H22N2O4. The van der Waals surface area contributed by atoms with Gasteiger partial charge in [0.2, 0.25) is 0 Å². The van der Waals surface area contributed by atoms with E-state index in [-0.39, 0.29) is 24.6 Å². The second-order valence-electron chi connectivity index (χ2n) is 6.30. The molecular weight excluding hydrogens is 344 g/mol. The summed E-state index contributed by atoms with van der Waals surface area (Å²) in [5.74, 6) is 0.292. The standard InChI is InChI=1S/C21H22N2O4/c1-14-8-9-15-11-16(21(25)22-17(15)10-14)12-23(20(24)13-26-2)18-6-4-5-7-19(18)27-3/h4-11H,12-13H2,1-3H3,(H,22,25). The maximum atomic E-state index is 12.7. The number of carbonyl (C=O) groups excluding carboxylic acids is 1. The van der Waals surface area contributed by atoms with E-state index >= 15 is 0 Å². The first-order chi connectivity index (χ1) is 13.0. The lowest BCUT2D eigenvalue weighted by atomic mass is 10.1. The third kappa shape index (κ3) is 4.01. The van der Waals surface area contributed by atoms with Crippen molar-refractivity contribution >= 4 is 22.5 Å².